The van der Waals surface area contributed by atoms with E-state index in [0.29, 0.717) is 21.4 Å². The number of para-hydroxylation sites is 1. The molecular formula is C21H16BrN3O3. The normalized spacial score (nSPS) is 11.0. The van der Waals surface area contributed by atoms with Gasteiger partial charge < -0.3 is 4.42 Å². The van der Waals surface area contributed by atoms with Crippen LogP contribution >= 0.6 is 15.9 Å². The number of aromatic nitrogens is 2. The topological polar surface area (TPSA) is 77.1 Å². The van der Waals surface area contributed by atoms with Gasteiger partial charge in [0.05, 0.1) is 10.9 Å². The van der Waals surface area contributed by atoms with Crippen molar-refractivity contribution in [3.63, 3.8) is 0 Å². The van der Waals surface area contributed by atoms with E-state index in [1.54, 1.807) is 24.3 Å². The van der Waals surface area contributed by atoms with Crippen LogP contribution in [0, 0.1) is 13.8 Å². The molecule has 1 N–H and O–H groups in total. The van der Waals surface area contributed by atoms with Crippen molar-refractivity contribution in [2.45, 2.75) is 13.8 Å². The van der Waals surface area contributed by atoms with Crippen LogP contribution in [0.2, 0.25) is 0 Å². The van der Waals surface area contributed by atoms with Crippen molar-refractivity contribution < 1.29 is 9.21 Å². The molecule has 0 aliphatic carbocycles. The van der Waals surface area contributed by atoms with Gasteiger partial charge in [0.25, 0.3) is 5.56 Å². The van der Waals surface area contributed by atoms with Gasteiger partial charge in [0.2, 0.25) is 0 Å². The third-order valence-corrected chi connectivity index (χ3v) is 4.98. The van der Waals surface area contributed by atoms with Gasteiger partial charge in [0.1, 0.15) is 0 Å². The summed E-state index contributed by atoms with van der Waals surface area (Å²) >= 11 is 3.17. The maximum Gasteiger partial charge on any atom is 0.305 e. The number of furan rings is 1. The number of carbonyl (C=O) groups excluding carboxylic acids is 1. The summed E-state index contributed by atoms with van der Waals surface area (Å²) in [6.45, 7) is 4.00. The van der Waals surface area contributed by atoms with Gasteiger partial charge >= 0.3 is 5.91 Å². The highest BCUT2D eigenvalue weighted by Gasteiger charge is 2.18. The number of halogens is 1. The van der Waals surface area contributed by atoms with Crippen LogP contribution in [0.5, 0.6) is 0 Å². The molecular weight excluding hydrogens is 422 g/mol. The van der Waals surface area contributed by atoms with Gasteiger partial charge in [-0.3, -0.25) is 15.0 Å². The number of aryl methyl sites for hydroxylation is 2. The molecule has 0 unspecified atom stereocenters. The highest BCUT2D eigenvalue weighted by Crippen LogP contribution is 2.22. The molecule has 0 fully saturated rings. The summed E-state index contributed by atoms with van der Waals surface area (Å²) in [5.41, 5.74) is 5.74. The Morgan fingerprint density at radius 1 is 1.07 bits per heavy atom. The summed E-state index contributed by atoms with van der Waals surface area (Å²) in [6, 6.07) is 16.0. The van der Waals surface area contributed by atoms with Crippen LogP contribution in [0.1, 0.15) is 21.7 Å². The van der Waals surface area contributed by atoms with Crippen LogP contribution in [0.4, 0.5) is 0 Å². The number of fused-ring (bicyclic) bond motifs is 1. The lowest BCUT2D eigenvalue weighted by Crippen LogP contribution is -2.35. The fourth-order valence-electron chi connectivity index (χ4n) is 2.90. The van der Waals surface area contributed by atoms with Gasteiger partial charge in [-0.05, 0) is 71.2 Å². The molecule has 0 radical (unpaired) electrons. The lowest BCUT2D eigenvalue weighted by atomic mass is 10.1. The second-order valence-corrected chi connectivity index (χ2v) is 7.22. The van der Waals surface area contributed by atoms with E-state index in [0.717, 1.165) is 16.7 Å². The number of hydrogen-bond donors (Lipinski definition) is 1. The fourth-order valence-corrected chi connectivity index (χ4v) is 3.21. The first-order chi connectivity index (χ1) is 13.4. The van der Waals surface area contributed by atoms with Crippen molar-refractivity contribution >= 4 is 32.7 Å². The van der Waals surface area contributed by atoms with Crippen LogP contribution in [-0.2, 0) is 0 Å². The van der Waals surface area contributed by atoms with Gasteiger partial charge in [-0.1, -0.05) is 24.3 Å². The highest BCUT2D eigenvalue weighted by molar-refractivity contribution is 9.10. The molecule has 6 nitrogen and oxygen atoms in total. The largest absolute Gasteiger partial charge is 0.444 e. The zero-order valence-electron chi connectivity index (χ0n) is 15.2. The maximum atomic E-state index is 13.1. The molecule has 4 aromatic rings. The van der Waals surface area contributed by atoms with Gasteiger partial charge in [-0.15, -0.1) is 0 Å². The smallest absolute Gasteiger partial charge is 0.305 e. The second kappa shape index (κ2) is 7.09. The Labute approximate surface area is 168 Å². The van der Waals surface area contributed by atoms with Crippen molar-refractivity contribution in [3.8, 4) is 11.4 Å². The Kier molecular flexibility index (Phi) is 4.60. The predicted octanol–water partition coefficient (Wildman–Crippen LogP) is 4.42. The Morgan fingerprint density at radius 3 is 2.57 bits per heavy atom. The molecule has 140 valence electrons. The summed E-state index contributed by atoms with van der Waals surface area (Å²) < 4.78 is 6.89. The van der Waals surface area contributed by atoms with E-state index >= 15 is 0 Å². The molecule has 2 heterocycles. The molecule has 0 aliphatic heterocycles. The molecule has 7 heteroatoms. The van der Waals surface area contributed by atoms with E-state index in [9.17, 15) is 9.59 Å². The minimum absolute atomic E-state index is 0.0815. The third-order valence-electron chi connectivity index (χ3n) is 4.55. The zero-order valence-corrected chi connectivity index (χ0v) is 16.8. The molecule has 1 amide bonds. The molecule has 28 heavy (non-hydrogen) atoms. The highest BCUT2D eigenvalue weighted by atomic mass is 79.9. The van der Waals surface area contributed by atoms with Crippen LogP contribution in [0.15, 0.2) is 68.5 Å². The molecule has 4 rings (SSSR count). The third kappa shape index (κ3) is 3.25. The average molecular weight is 438 g/mol. The second-order valence-electron chi connectivity index (χ2n) is 6.44. The number of amides is 1. The van der Waals surface area contributed by atoms with Gasteiger partial charge in [-0.25, -0.2) is 4.98 Å². The zero-order chi connectivity index (χ0) is 19.8. The summed E-state index contributed by atoms with van der Waals surface area (Å²) in [4.78, 5) is 30.4. The number of benzene rings is 2. The Bertz CT molecular complexity index is 1270. The Morgan fingerprint density at radius 2 is 1.86 bits per heavy atom. The molecule has 0 aliphatic rings. The Hall–Kier alpha value is -3.19. The summed E-state index contributed by atoms with van der Waals surface area (Å²) in [6.07, 6.45) is 0. The van der Waals surface area contributed by atoms with E-state index in [-0.39, 0.29) is 11.3 Å². The molecule has 0 saturated heterocycles. The standard InChI is InChI=1S/C21H16BrN3O3/c1-12-7-8-14(11-13(12)2)19-23-16-6-4-3-5-15(16)21(27)25(19)24-20(26)17-9-10-18(22)28-17/h3-11H,1-2H3,(H,24,26). The summed E-state index contributed by atoms with van der Waals surface area (Å²) in [5, 5.41) is 0.413. The molecule has 0 atom stereocenters. The molecule has 0 saturated carbocycles. The van der Waals surface area contributed by atoms with E-state index in [1.807, 2.05) is 38.1 Å². The first-order valence-corrected chi connectivity index (χ1v) is 9.39. The minimum atomic E-state index is -0.546. The number of carbonyl (C=O) groups is 1. The monoisotopic (exact) mass is 437 g/mol. The predicted molar refractivity (Wildman–Crippen MR) is 111 cm³/mol. The van der Waals surface area contributed by atoms with E-state index in [2.05, 4.69) is 26.3 Å². The molecule has 2 aromatic heterocycles. The van der Waals surface area contributed by atoms with E-state index < -0.39 is 5.91 Å². The quantitative estimate of drug-likeness (QED) is 0.514. The van der Waals surface area contributed by atoms with Crippen molar-refractivity contribution in [1.82, 2.24) is 9.66 Å². The van der Waals surface area contributed by atoms with E-state index in [4.69, 9.17) is 4.42 Å². The van der Waals surface area contributed by atoms with Crippen LogP contribution in [-0.4, -0.2) is 15.6 Å². The Balaban J connectivity index is 1.91. The van der Waals surface area contributed by atoms with Gasteiger partial charge in [-0.2, -0.15) is 4.68 Å². The van der Waals surface area contributed by atoms with Crippen LogP contribution < -0.4 is 11.0 Å². The van der Waals surface area contributed by atoms with Crippen molar-refractivity contribution in [2.24, 2.45) is 0 Å². The lowest BCUT2D eigenvalue weighted by molar-refractivity contribution is 0.0980. The molecule has 0 bridgehead atoms. The molecule has 0 spiro atoms. The van der Waals surface area contributed by atoms with Crippen molar-refractivity contribution in [1.29, 1.82) is 0 Å². The fraction of sp³-hybridized carbons (Fsp3) is 0.0952. The van der Waals surface area contributed by atoms with Gasteiger partial charge in [0.15, 0.2) is 16.3 Å². The maximum absolute atomic E-state index is 13.1. The summed E-state index contributed by atoms with van der Waals surface area (Å²) in [7, 11) is 0. The number of rotatable bonds is 3. The van der Waals surface area contributed by atoms with E-state index in [1.165, 1.54) is 10.7 Å². The minimum Gasteiger partial charge on any atom is -0.444 e. The molecule has 2 aromatic carbocycles. The number of nitrogens with one attached hydrogen (secondary N) is 1. The SMILES string of the molecule is Cc1ccc(-c2nc3ccccc3c(=O)n2NC(=O)c2ccc(Br)o2)cc1C. The van der Waals surface area contributed by atoms with Crippen LogP contribution in [0.3, 0.4) is 0 Å². The van der Waals surface area contributed by atoms with Crippen molar-refractivity contribution in [3.05, 3.63) is 86.5 Å². The number of hydrogen-bond acceptors (Lipinski definition) is 4. The first kappa shape index (κ1) is 18.2. The summed E-state index contributed by atoms with van der Waals surface area (Å²) in [5.74, 6) is -0.112. The van der Waals surface area contributed by atoms with Crippen molar-refractivity contribution in [2.75, 3.05) is 5.43 Å². The number of nitrogens with zero attached hydrogens (tertiary/aromatic N) is 2. The lowest BCUT2D eigenvalue weighted by Gasteiger charge is -2.15. The van der Waals surface area contributed by atoms with Gasteiger partial charge in [0, 0.05) is 5.56 Å². The van der Waals surface area contributed by atoms with Crippen LogP contribution in [0.25, 0.3) is 22.3 Å². The average Bonchev–Trinajstić information content (AvgIpc) is 3.12. The first-order valence-electron chi connectivity index (χ1n) is 8.60.